The number of aryl methyl sites for hydroxylation is 1. The lowest BCUT2D eigenvalue weighted by atomic mass is 10.2. The van der Waals surface area contributed by atoms with Gasteiger partial charge in [0.1, 0.15) is 0 Å². The molecule has 0 radical (unpaired) electrons. The molecule has 0 atom stereocenters. The second kappa shape index (κ2) is 6.51. The van der Waals surface area contributed by atoms with Gasteiger partial charge < -0.3 is 4.90 Å². The van der Waals surface area contributed by atoms with Gasteiger partial charge in [0.15, 0.2) is 0 Å². The first kappa shape index (κ1) is 16.3. The van der Waals surface area contributed by atoms with E-state index in [2.05, 4.69) is 4.90 Å². The molecule has 1 aliphatic rings. The Morgan fingerprint density at radius 1 is 0.957 bits per heavy atom. The molecule has 0 amide bonds. The highest BCUT2D eigenvalue weighted by Gasteiger charge is 2.29. The molecule has 0 unspecified atom stereocenters. The molecule has 1 heterocycles. The summed E-state index contributed by atoms with van der Waals surface area (Å²) in [5.74, 6) is 0. The van der Waals surface area contributed by atoms with Crippen molar-refractivity contribution >= 4 is 27.3 Å². The summed E-state index contributed by atoms with van der Waals surface area (Å²) in [6, 6.07) is 14.8. The highest BCUT2D eigenvalue weighted by atomic mass is 35.5. The number of hydrogen-bond acceptors (Lipinski definition) is 3. The van der Waals surface area contributed by atoms with Crippen LogP contribution >= 0.6 is 11.6 Å². The lowest BCUT2D eigenvalue weighted by molar-refractivity contribution is 0.384. The van der Waals surface area contributed by atoms with Crippen molar-refractivity contribution in [3.8, 4) is 0 Å². The third-order valence-electron chi connectivity index (χ3n) is 4.12. The van der Waals surface area contributed by atoms with Gasteiger partial charge >= 0.3 is 0 Å². The molecule has 0 aromatic heterocycles. The van der Waals surface area contributed by atoms with Crippen LogP contribution in [0, 0.1) is 6.92 Å². The molecule has 4 nitrogen and oxygen atoms in total. The fraction of sp³-hybridized carbons (Fsp3) is 0.294. The average molecular weight is 351 g/mol. The Hall–Kier alpha value is -1.56. The standard InChI is InChI=1S/C17H19ClN2O2S/c1-14-5-2-3-8-17(14)23(21,22)20-11-9-19(10-12-20)16-7-4-6-15(18)13-16/h2-8,13H,9-12H2,1H3. The summed E-state index contributed by atoms with van der Waals surface area (Å²) in [5.41, 5.74) is 1.82. The Morgan fingerprint density at radius 2 is 1.65 bits per heavy atom. The van der Waals surface area contributed by atoms with Crippen LogP contribution in [-0.2, 0) is 10.0 Å². The summed E-state index contributed by atoms with van der Waals surface area (Å²) in [4.78, 5) is 2.56. The number of rotatable bonds is 3. The van der Waals surface area contributed by atoms with Gasteiger partial charge in [-0.2, -0.15) is 4.31 Å². The Labute approximate surface area is 142 Å². The minimum atomic E-state index is -3.43. The van der Waals surface area contributed by atoms with Gasteiger partial charge in [-0.25, -0.2) is 8.42 Å². The summed E-state index contributed by atoms with van der Waals surface area (Å²) in [6.07, 6.45) is 0. The molecule has 122 valence electrons. The van der Waals surface area contributed by atoms with Crippen molar-refractivity contribution in [1.82, 2.24) is 4.31 Å². The number of sulfonamides is 1. The maximum atomic E-state index is 12.8. The highest BCUT2D eigenvalue weighted by molar-refractivity contribution is 7.89. The maximum Gasteiger partial charge on any atom is 0.243 e. The molecule has 0 spiro atoms. The summed E-state index contributed by atoms with van der Waals surface area (Å²) in [5, 5.41) is 0.692. The summed E-state index contributed by atoms with van der Waals surface area (Å²) in [6.45, 7) is 4.10. The van der Waals surface area contributed by atoms with Crippen LogP contribution in [-0.4, -0.2) is 38.9 Å². The van der Waals surface area contributed by atoms with Gasteiger partial charge in [-0.3, -0.25) is 0 Å². The van der Waals surface area contributed by atoms with E-state index in [0.29, 0.717) is 36.1 Å². The molecule has 0 N–H and O–H groups in total. The van der Waals surface area contributed by atoms with Crippen LogP contribution in [0.5, 0.6) is 0 Å². The third-order valence-corrected chi connectivity index (χ3v) is 6.42. The van der Waals surface area contributed by atoms with Crippen LogP contribution in [0.25, 0.3) is 0 Å². The molecule has 1 saturated heterocycles. The third kappa shape index (κ3) is 3.37. The molecule has 2 aromatic rings. The number of piperazine rings is 1. The summed E-state index contributed by atoms with van der Waals surface area (Å²) < 4.78 is 27.1. The van der Waals surface area contributed by atoms with Crippen molar-refractivity contribution < 1.29 is 8.42 Å². The molecule has 6 heteroatoms. The van der Waals surface area contributed by atoms with E-state index in [1.807, 2.05) is 43.3 Å². The van der Waals surface area contributed by atoms with Crippen LogP contribution in [0.15, 0.2) is 53.4 Å². The molecule has 0 aliphatic carbocycles. The van der Waals surface area contributed by atoms with Crippen LogP contribution < -0.4 is 4.90 Å². The van der Waals surface area contributed by atoms with E-state index >= 15 is 0 Å². The Balaban J connectivity index is 1.75. The van der Waals surface area contributed by atoms with E-state index in [1.54, 1.807) is 16.4 Å². The van der Waals surface area contributed by atoms with Gasteiger partial charge in [-0.15, -0.1) is 0 Å². The number of hydrogen-bond donors (Lipinski definition) is 0. The number of benzene rings is 2. The molecule has 3 rings (SSSR count). The van der Waals surface area contributed by atoms with Crippen molar-refractivity contribution in [1.29, 1.82) is 0 Å². The zero-order valence-corrected chi connectivity index (χ0v) is 14.5. The van der Waals surface area contributed by atoms with Gasteiger partial charge in [-0.1, -0.05) is 35.9 Å². The van der Waals surface area contributed by atoms with E-state index in [9.17, 15) is 8.42 Å². The fourth-order valence-electron chi connectivity index (χ4n) is 2.84. The first-order chi connectivity index (χ1) is 11.0. The van der Waals surface area contributed by atoms with Crippen molar-refractivity contribution in [2.75, 3.05) is 31.1 Å². The lowest BCUT2D eigenvalue weighted by Crippen LogP contribution is -2.48. The minimum Gasteiger partial charge on any atom is -0.369 e. The van der Waals surface area contributed by atoms with E-state index in [0.717, 1.165) is 11.3 Å². The monoisotopic (exact) mass is 350 g/mol. The lowest BCUT2D eigenvalue weighted by Gasteiger charge is -2.35. The largest absolute Gasteiger partial charge is 0.369 e. The summed E-state index contributed by atoms with van der Waals surface area (Å²) in [7, 11) is -3.43. The van der Waals surface area contributed by atoms with Crippen LogP contribution in [0.2, 0.25) is 5.02 Å². The topological polar surface area (TPSA) is 40.6 Å². The van der Waals surface area contributed by atoms with Gasteiger partial charge in [0, 0.05) is 36.9 Å². The van der Waals surface area contributed by atoms with Gasteiger partial charge in [0.05, 0.1) is 4.90 Å². The van der Waals surface area contributed by atoms with E-state index in [-0.39, 0.29) is 0 Å². The quantitative estimate of drug-likeness (QED) is 0.853. The summed E-state index contributed by atoms with van der Waals surface area (Å²) >= 11 is 6.03. The second-order valence-electron chi connectivity index (χ2n) is 5.64. The molecular weight excluding hydrogens is 332 g/mol. The first-order valence-electron chi connectivity index (χ1n) is 7.55. The fourth-order valence-corrected chi connectivity index (χ4v) is 4.68. The second-order valence-corrected chi connectivity index (χ2v) is 7.98. The van der Waals surface area contributed by atoms with Gasteiger partial charge in [-0.05, 0) is 36.8 Å². The number of nitrogens with zero attached hydrogens (tertiary/aromatic N) is 2. The highest BCUT2D eigenvalue weighted by Crippen LogP contribution is 2.24. The maximum absolute atomic E-state index is 12.8. The van der Waals surface area contributed by atoms with Crippen molar-refractivity contribution in [2.45, 2.75) is 11.8 Å². The zero-order valence-electron chi connectivity index (χ0n) is 12.9. The Kier molecular flexibility index (Phi) is 4.62. The van der Waals surface area contributed by atoms with Crippen molar-refractivity contribution in [2.24, 2.45) is 0 Å². The number of anilines is 1. The van der Waals surface area contributed by atoms with Gasteiger partial charge in [0.25, 0.3) is 0 Å². The molecule has 23 heavy (non-hydrogen) atoms. The smallest absolute Gasteiger partial charge is 0.243 e. The molecule has 1 aliphatic heterocycles. The molecule has 0 saturated carbocycles. The zero-order chi connectivity index (χ0) is 16.4. The Morgan fingerprint density at radius 3 is 2.30 bits per heavy atom. The van der Waals surface area contributed by atoms with Crippen LogP contribution in [0.1, 0.15) is 5.56 Å². The number of halogens is 1. The van der Waals surface area contributed by atoms with E-state index in [1.165, 1.54) is 0 Å². The van der Waals surface area contributed by atoms with E-state index in [4.69, 9.17) is 11.6 Å². The van der Waals surface area contributed by atoms with Crippen molar-refractivity contribution in [3.05, 3.63) is 59.1 Å². The van der Waals surface area contributed by atoms with E-state index < -0.39 is 10.0 Å². The predicted octanol–water partition coefficient (Wildman–Crippen LogP) is 3.16. The molecular formula is C17H19ClN2O2S. The molecule has 2 aromatic carbocycles. The van der Waals surface area contributed by atoms with Gasteiger partial charge in [0.2, 0.25) is 10.0 Å². The average Bonchev–Trinajstić information content (AvgIpc) is 2.55. The first-order valence-corrected chi connectivity index (χ1v) is 9.36. The SMILES string of the molecule is Cc1ccccc1S(=O)(=O)N1CCN(c2cccc(Cl)c2)CC1. The predicted molar refractivity (Wildman–Crippen MR) is 93.6 cm³/mol. The Bertz CT molecular complexity index is 800. The van der Waals surface area contributed by atoms with Crippen LogP contribution in [0.3, 0.4) is 0 Å². The minimum absolute atomic E-state index is 0.399. The van der Waals surface area contributed by atoms with Crippen LogP contribution in [0.4, 0.5) is 5.69 Å². The van der Waals surface area contributed by atoms with Crippen molar-refractivity contribution in [3.63, 3.8) is 0 Å². The molecule has 0 bridgehead atoms. The normalized spacial score (nSPS) is 16.5. The molecule has 1 fully saturated rings.